The Balaban J connectivity index is 1.92. The van der Waals surface area contributed by atoms with Crippen molar-refractivity contribution in [3.05, 3.63) is 12.2 Å². The van der Waals surface area contributed by atoms with Crippen molar-refractivity contribution in [3.8, 4) is 0 Å². The Morgan fingerprint density at radius 1 is 0.625 bits per heavy atom. The maximum absolute atomic E-state index is 5.85. The smallest absolute Gasteiger partial charge is 0.224 e. The molecule has 2 saturated heterocycles. The van der Waals surface area contributed by atoms with E-state index in [-0.39, 0.29) is 0 Å². The Morgan fingerprint density at radius 3 is 1.38 bits per heavy atom. The van der Waals surface area contributed by atoms with Gasteiger partial charge in [0.05, 0.1) is 26.4 Å². The molecule has 0 aromatic heterocycles. The van der Waals surface area contributed by atoms with Gasteiger partial charge < -0.3 is 18.9 Å². The summed E-state index contributed by atoms with van der Waals surface area (Å²) >= 11 is 0. The second kappa shape index (κ2) is 4.11. The molecule has 0 unspecified atom stereocenters. The van der Waals surface area contributed by atoms with E-state index in [1.165, 1.54) is 0 Å². The topological polar surface area (TPSA) is 36.9 Å². The molecule has 2 heterocycles. The zero-order chi connectivity index (χ0) is 10.9. The van der Waals surface area contributed by atoms with Gasteiger partial charge in [-0.3, -0.25) is 0 Å². The number of ether oxygens (including phenoxy) is 4. The second-order valence-corrected chi connectivity index (χ2v) is 4.45. The lowest BCUT2D eigenvalue weighted by molar-refractivity contribution is -0.351. The van der Waals surface area contributed by atoms with Gasteiger partial charge in [0.2, 0.25) is 11.6 Å². The summed E-state index contributed by atoms with van der Waals surface area (Å²) in [4.78, 5) is 0. The summed E-state index contributed by atoms with van der Waals surface area (Å²) in [5.41, 5.74) is 0. The van der Waals surface area contributed by atoms with Crippen molar-refractivity contribution >= 4 is 0 Å². The molecule has 2 fully saturated rings. The number of hydrogen-bond acceptors (Lipinski definition) is 4. The van der Waals surface area contributed by atoms with Gasteiger partial charge in [-0.1, -0.05) is 12.2 Å². The van der Waals surface area contributed by atoms with Crippen molar-refractivity contribution in [1.29, 1.82) is 0 Å². The van der Waals surface area contributed by atoms with Crippen molar-refractivity contribution in [2.75, 3.05) is 26.4 Å². The Morgan fingerprint density at radius 2 is 1.00 bits per heavy atom. The van der Waals surface area contributed by atoms with Crippen LogP contribution in [0.1, 0.15) is 25.7 Å². The fourth-order valence-electron chi connectivity index (χ4n) is 2.80. The fraction of sp³-hybridized carbons (Fsp3) is 0.833. The summed E-state index contributed by atoms with van der Waals surface area (Å²) in [5, 5.41) is 0. The van der Waals surface area contributed by atoms with E-state index in [2.05, 4.69) is 12.2 Å². The zero-order valence-corrected chi connectivity index (χ0v) is 9.44. The van der Waals surface area contributed by atoms with Crippen molar-refractivity contribution in [2.24, 2.45) is 0 Å². The molecule has 3 aliphatic rings. The molecule has 90 valence electrons. The van der Waals surface area contributed by atoms with Crippen LogP contribution < -0.4 is 0 Å². The molecule has 0 radical (unpaired) electrons. The minimum atomic E-state index is -0.672. The monoisotopic (exact) mass is 226 g/mol. The van der Waals surface area contributed by atoms with E-state index >= 15 is 0 Å². The van der Waals surface area contributed by atoms with Gasteiger partial charge in [0.25, 0.3) is 0 Å². The van der Waals surface area contributed by atoms with Crippen LogP contribution in [-0.2, 0) is 18.9 Å². The lowest BCUT2D eigenvalue weighted by atomic mass is 9.93. The van der Waals surface area contributed by atoms with Crippen LogP contribution in [0, 0.1) is 0 Å². The van der Waals surface area contributed by atoms with E-state index < -0.39 is 11.6 Å². The Bertz CT molecular complexity index is 247. The van der Waals surface area contributed by atoms with E-state index in [1.54, 1.807) is 0 Å². The average Bonchev–Trinajstić information content (AvgIpc) is 2.92. The van der Waals surface area contributed by atoms with Crippen LogP contribution in [0.2, 0.25) is 0 Å². The van der Waals surface area contributed by atoms with Gasteiger partial charge in [-0.2, -0.15) is 0 Å². The number of fused-ring (bicyclic) bond motifs is 1. The molecule has 2 aliphatic heterocycles. The second-order valence-electron chi connectivity index (χ2n) is 4.45. The lowest BCUT2D eigenvalue weighted by Crippen LogP contribution is -2.56. The number of allylic oxidation sites excluding steroid dienone is 2. The number of rotatable bonds is 0. The highest BCUT2D eigenvalue weighted by molar-refractivity contribution is 5.00. The van der Waals surface area contributed by atoms with Crippen molar-refractivity contribution in [2.45, 2.75) is 37.3 Å². The van der Waals surface area contributed by atoms with E-state index in [1.807, 2.05) is 0 Å². The van der Waals surface area contributed by atoms with Crippen molar-refractivity contribution in [1.82, 2.24) is 0 Å². The quantitative estimate of drug-likeness (QED) is 0.588. The van der Waals surface area contributed by atoms with E-state index in [4.69, 9.17) is 18.9 Å². The van der Waals surface area contributed by atoms with Gasteiger partial charge in [0.1, 0.15) is 0 Å². The number of hydrogen-bond donors (Lipinski definition) is 0. The first kappa shape index (κ1) is 10.7. The van der Waals surface area contributed by atoms with Gasteiger partial charge in [-0.05, 0) is 12.8 Å². The Hall–Kier alpha value is -0.420. The van der Waals surface area contributed by atoms with Gasteiger partial charge >= 0.3 is 0 Å². The summed E-state index contributed by atoms with van der Waals surface area (Å²) in [6.45, 7) is 2.55. The maximum Gasteiger partial charge on any atom is 0.224 e. The Kier molecular flexibility index (Phi) is 2.75. The molecule has 0 amide bonds. The molecule has 0 N–H and O–H groups in total. The predicted molar refractivity (Wildman–Crippen MR) is 56.9 cm³/mol. The Labute approximate surface area is 95.5 Å². The van der Waals surface area contributed by atoms with Gasteiger partial charge in [-0.25, -0.2) is 0 Å². The molecule has 0 atom stereocenters. The summed E-state index contributed by atoms with van der Waals surface area (Å²) in [6.07, 6.45) is 7.90. The van der Waals surface area contributed by atoms with Crippen molar-refractivity contribution in [3.63, 3.8) is 0 Å². The third-order valence-corrected chi connectivity index (χ3v) is 3.53. The molecule has 4 heteroatoms. The van der Waals surface area contributed by atoms with Crippen molar-refractivity contribution < 1.29 is 18.9 Å². The van der Waals surface area contributed by atoms with Gasteiger partial charge in [-0.15, -0.1) is 0 Å². The highest BCUT2D eigenvalue weighted by Gasteiger charge is 2.59. The lowest BCUT2D eigenvalue weighted by Gasteiger charge is -2.42. The zero-order valence-electron chi connectivity index (χ0n) is 9.44. The molecule has 1 aliphatic carbocycles. The maximum atomic E-state index is 5.85. The van der Waals surface area contributed by atoms with E-state index in [0.717, 1.165) is 25.7 Å². The highest BCUT2D eigenvalue weighted by Crippen LogP contribution is 2.45. The largest absolute Gasteiger partial charge is 0.343 e. The standard InChI is InChI=1S/C12H18O4/c1-2-4-6-12(15-9-10-16-12)11(5-3-1)13-7-8-14-11/h1-2H,3-10H2. The van der Waals surface area contributed by atoms with Crippen LogP contribution in [0.25, 0.3) is 0 Å². The molecule has 0 aromatic rings. The molecule has 0 bridgehead atoms. The highest BCUT2D eigenvalue weighted by atomic mass is 16.8. The average molecular weight is 226 g/mol. The molecule has 0 saturated carbocycles. The van der Waals surface area contributed by atoms with Gasteiger partial charge in [0, 0.05) is 12.8 Å². The molecule has 16 heavy (non-hydrogen) atoms. The summed E-state index contributed by atoms with van der Waals surface area (Å²) < 4.78 is 23.4. The first-order valence-electron chi connectivity index (χ1n) is 6.08. The van der Waals surface area contributed by atoms with E-state index in [9.17, 15) is 0 Å². The molecule has 0 aromatic carbocycles. The molecular formula is C12H18O4. The van der Waals surface area contributed by atoms with Crippen LogP contribution in [0.5, 0.6) is 0 Å². The SMILES string of the molecule is C1=CCCC2(OCCO2)C2(CC1)OCCO2. The third kappa shape index (κ3) is 1.52. The van der Waals surface area contributed by atoms with Crippen LogP contribution in [-0.4, -0.2) is 38.0 Å². The molecule has 3 rings (SSSR count). The minimum absolute atomic E-state index is 0.637. The van der Waals surface area contributed by atoms with Crippen LogP contribution in [0.3, 0.4) is 0 Å². The molecule has 2 spiro atoms. The van der Waals surface area contributed by atoms with Crippen LogP contribution in [0.4, 0.5) is 0 Å². The predicted octanol–water partition coefficient (Wildman–Crippen LogP) is 1.60. The summed E-state index contributed by atoms with van der Waals surface area (Å²) in [6, 6.07) is 0. The first-order valence-corrected chi connectivity index (χ1v) is 6.08. The normalized spacial score (nSPS) is 32.0. The van der Waals surface area contributed by atoms with Gasteiger partial charge in [0.15, 0.2) is 0 Å². The fourth-order valence-corrected chi connectivity index (χ4v) is 2.80. The summed E-state index contributed by atoms with van der Waals surface area (Å²) in [5.74, 6) is -1.34. The minimum Gasteiger partial charge on any atom is -0.343 e. The molecular weight excluding hydrogens is 208 g/mol. The van der Waals surface area contributed by atoms with Crippen LogP contribution in [0.15, 0.2) is 12.2 Å². The third-order valence-electron chi connectivity index (χ3n) is 3.53. The van der Waals surface area contributed by atoms with Crippen LogP contribution >= 0.6 is 0 Å². The van der Waals surface area contributed by atoms with E-state index in [0.29, 0.717) is 26.4 Å². The molecule has 4 nitrogen and oxygen atoms in total. The first-order chi connectivity index (χ1) is 7.87. The summed E-state index contributed by atoms with van der Waals surface area (Å²) in [7, 11) is 0.